The van der Waals surface area contributed by atoms with Crippen LogP contribution in [-0.2, 0) is 22.0 Å². The number of aromatic nitrogens is 3. The van der Waals surface area contributed by atoms with E-state index in [2.05, 4.69) is 26.9 Å². The molecule has 1 saturated heterocycles. The Morgan fingerprint density at radius 3 is 2.46 bits per heavy atom. The number of alkyl halides is 3. The number of piperidine rings is 1. The zero-order chi connectivity index (χ0) is 25.1. The minimum absolute atomic E-state index is 0.215. The Kier molecular flexibility index (Phi) is 6.83. The van der Waals surface area contributed by atoms with Crippen molar-refractivity contribution in [3.8, 4) is 6.07 Å². The Labute approximate surface area is 201 Å². The maximum absolute atomic E-state index is 13.4. The lowest BCUT2D eigenvalue weighted by Crippen LogP contribution is -2.58. The summed E-state index contributed by atoms with van der Waals surface area (Å²) in [4.78, 5) is 0. The Balaban J connectivity index is 1.58. The van der Waals surface area contributed by atoms with E-state index in [0.717, 1.165) is 17.7 Å². The van der Waals surface area contributed by atoms with Crippen molar-refractivity contribution in [2.75, 3.05) is 25.5 Å². The third-order valence-electron chi connectivity index (χ3n) is 6.75. The van der Waals surface area contributed by atoms with E-state index < -0.39 is 28.9 Å². The van der Waals surface area contributed by atoms with Crippen molar-refractivity contribution in [3.63, 3.8) is 0 Å². The maximum Gasteiger partial charge on any atom is 0.416 e. The zero-order valence-corrected chi connectivity index (χ0v) is 19.5. The first kappa shape index (κ1) is 24.7. The molecule has 35 heavy (non-hydrogen) atoms. The van der Waals surface area contributed by atoms with Crippen molar-refractivity contribution in [2.45, 2.75) is 43.1 Å². The predicted molar refractivity (Wildman–Crippen MR) is 124 cm³/mol. The number of halogens is 3. The average Bonchev–Trinajstić information content (AvgIpc) is 3.43. The van der Waals surface area contributed by atoms with Crippen LogP contribution in [0.1, 0.15) is 42.6 Å². The summed E-state index contributed by atoms with van der Waals surface area (Å²) >= 11 is 0. The minimum atomic E-state index is -4.46. The van der Waals surface area contributed by atoms with E-state index in [0.29, 0.717) is 30.6 Å². The third-order valence-corrected chi connectivity index (χ3v) is 6.75. The summed E-state index contributed by atoms with van der Waals surface area (Å²) in [6.45, 7) is 2.29. The molecule has 1 aromatic heterocycles. The second-order valence-corrected chi connectivity index (χ2v) is 8.86. The van der Waals surface area contributed by atoms with Crippen LogP contribution in [0.3, 0.4) is 0 Å². The molecule has 0 amide bonds. The lowest BCUT2D eigenvalue weighted by Gasteiger charge is -2.45. The highest BCUT2D eigenvalue weighted by molar-refractivity contribution is 5.49. The fraction of sp³-hybridized carbons (Fsp3) is 0.400. The number of hydrogen-bond donors (Lipinski definition) is 2. The summed E-state index contributed by atoms with van der Waals surface area (Å²) in [5, 5.41) is 24.0. The summed E-state index contributed by atoms with van der Waals surface area (Å²) in [6, 6.07) is 16.0. The Bertz CT molecular complexity index is 1170. The average molecular weight is 485 g/mol. The summed E-state index contributed by atoms with van der Waals surface area (Å²) in [5.74, 6) is 0. The molecule has 0 unspecified atom stereocenters. The van der Waals surface area contributed by atoms with Gasteiger partial charge in [0, 0.05) is 19.3 Å². The number of ether oxygens (including phenoxy) is 1. The van der Waals surface area contributed by atoms with Gasteiger partial charge < -0.3 is 15.4 Å². The summed E-state index contributed by atoms with van der Waals surface area (Å²) in [7, 11) is 1.58. The predicted octanol–water partition coefficient (Wildman–Crippen LogP) is 4.61. The zero-order valence-electron chi connectivity index (χ0n) is 19.5. The molecule has 1 aliphatic rings. The van der Waals surface area contributed by atoms with Crippen LogP contribution in [0.5, 0.6) is 0 Å². The van der Waals surface area contributed by atoms with Crippen molar-refractivity contribution in [3.05, 3.63) is 77.9 Å². The Morgan fingerprint density at radius 2 is 1.89 bits per heavy atom. The molecule has 3 atom stereocenters. The Hall–Kier alpha value is -3.42. The van der Waals surface area contributed by atoms with E-state index in [4.69, 9.17) is 4.74 Å². The SMILES string of the molecule is CNc1cc([C@@H](C)OC[C@@]2(c3ccccc3)CC[C@@](C#N)(n3cnnc3)CN2)cc(C(F)(F)F)c1. The molecule has 1 aliphatic heterocycles. The van der Waals surface area contributed by atoms with Crippen molar-refractivity contribution in [1.82, 2.24) is 20.1 Å². The van der Waals surface area contributed by atoms with Gasteiger partial charge in [0.05, 0.1) is 29.9 Å². The molecule has 0 bridgehead atoms. The first-order valence-electron chi connectivity index (χ1n) is 11.3. The van der Waals surface area contributed by atoms with Crippen LogP contribution in [0.2, 0.25) is 0 Å². The molecule has 0 radical (unpaired) electrons. The van der Waals surface area contributed by atoms with E-state index in [1.165, 1.54) is 12.7 Å². The molecule has 3 aromatic rings. The van der Waals surface area contributed by atoms with Crippen LogP contribution in [-0.4, -0.2) is 35.0 Å². The number of hydrogen-bond acceptors (Lipinski definition) is 6. The molecule has 2 heterocycles. The third kappa shape index (κ3) is 5.01. The highest BCUT2D eigenvalue weighted by Crippen LogP contribution is 2.39. The number of nitrogens with one attached hydrogen (secondary N) is 2. The first-order valence-corrected chi connectivity index (χ1v) is 11.3. The molecular formula is C25H27F3N6O. The lowest BCUT2D eigenvalue weighted by atomic mass is 9.76. The molecule has 0 saturated carbocycles. The highest BCUT2D eigenvalue weighted by atomic mass is 19.4. The summed E-state index contributed by atoms with van der Waals surface area (Å²) in [6.07, 6.45) is -0.889. The molecule has 2 N–H and O–H groups in total. The molecule has 0 spiro atoms. The van der Waals surface area contributed by atoms with Gasteiger partial charge in [-0.05, 0) is 49.1 Å². The number of rotatable bonds is 7. The number of nitrogens with zero attached hydrogens (tertiary/aromatic N) is 4. The maximum atomic E-state index is 13.4. The van der Waals surface area contributed by atoms with Gasteiger partial charge in [0.1, 0.15) is 18.2 Å². The van der Waals surface area contributed by atoms with Crippen molar-refractivity contribution < 1.29 is 17.9 Å². The normalized spacial score (nSPS) is 23.4. The van der Waals surface area contributed by atoms with E-state index >= 15 is 0 Å². The topological polar surface area (TPSA) is 87.8 Å². The lowest BCUT2D eigenvalue weighted by molar-refractivity contribution is -0.137. The van der Waals surface area contributed by atoms with Gasteiger partial charge in [-0.3, -0.25) is 4.57 Å². The van der Waals surface area contributed by atoms with Gasteiger partial charge in [-0.2, -0.15) is 18.4 Å². The van der Waals surface area contributed by atoms with Gasteiger partial charge in [0.2, 0.25) is 0 Å². The molecular weight excluding hydrogens is 457 g/mol. The van der Waals surface area contributed by atoms with Crippen molar-refractivity contribution >= 4 is 5.69 Å². The second-order valence-electron chi connectivity index (χ2n) is 8.86. The van der Waals surface area contributed by atoms with Crippen molar-refractivity contribution in [2.24, 2.45) is 0 Å². The van der Waals surface area contributed by atoms with E-state index in [9.17, 15) is 18.4 Å². The monoisotopic (exact) mass is 484 g/mol. The highest BCUT2D eigenvalue weighted by Gasteiger charge is 2.45. The van der Waals surface area contributed by atoms with Gasteiger partial charge in [0.25, 0.3) is 0 Å². The van der Waals surface area contributed by atoms with E-state index in [1.807, 2.05) is 30.3 Å². The van der Waals surface area contributed by atoms with Crippen LogP contribution in [0.4, 0.5) is 18.9 Å². The largest absolute Gasteiger partial charge is 0.416 e. The quantitative estimate of drug-likeness (QED) is 0.509. The molecule has 1 fully saturated rings. The van der Waals surface area contributed by atoms with Crippen LogP contribution in [0.25, 0.3) is 0 Å². The number of anilines is 1. The molecule has 2 aromatic carbocycles. The van der Waals surface area contributed by atoms with Gasteiger partial charge >= 0.3 is 6.18 Å². The fourth-order valence-electron chi connectivity index (χ4n) is 4.48. The number of benzene rings is 2. The minimum Gasteiger partial charge on any atom is -0.388 e. The van der Waals surface area contributed by atoms with Gasteiger partial charge in [-0.25, -0.2) is 0 Å². The summed E-state index contributed by atoms with van der Waals surface area (Å²) < 4.78 is 48.2. The number of nitriles is 1. The van der Waals surface area contributed by atoms with Gasteiger partial charge in [-0.15, -0.1) is 10.2 Å². The molecule has 184 valence electrons. The van der Waals surface area contributed by atoms with Crippen LogP contribution in [0, 0.1) is 11.3 Å². The fourth-order valence-corrected chi connectivity index (χ4v) is 4.48. The molecule has 10 heteroatoms. The van der Waals surface area contributed by atoms with E-state index in [1.54, 1.807) is 24.6 Å². The van der Waals surface area contributed by atoms with Gasteiger partial charge in [-0.1, -0.05) is 30.3 Å². The van der Waals surface area contributed by atoms with E-state index in [-0.39, 0.29) is 6.61 Å². The van der Waals surface area contributed by atoms with Crippen molar-refractivity contribution in [1.29, 1.82) is 5.26 Å². The standard InChI is InChI=1S/C25H27F3N6O/c1-18(19-10-21(25(26,27)28)12-22(11-19)30-2)35-15-24(20-6-4-3-5-7-20)9-8-23(13-29,14-31-24)34-16-32-33-17-34/h3-7,10-12,16-18,30-31H,8-9,14-15H2,1-2H3/t18-,23+,24-/m1/s1. The Morgan fingerprint density at radius 1 is 1.17 bits per heavy atom. The van der Waals surface area contributed by atoms with Crippen LogP contribution in [0.15, 0.2) is 61.2 Å². The second kappa shape index (κ2) is 9.68. The first-order chi connectivity index (χ1) is 16.7. The van der Waals surface area contributed by atoms with Crippen LogP contribution >= 0.6 is 0 Å². The molecule has 7 nitrogen and oxygen atoms in total. The molecule has 0 aliphatic carbocycles. The smallest absolute Gasteiger partial charge is 0.388 e. The van der Waals surface area contributed by atoms with Gasteiger partial charge in [0.15, 0.2) is 0 Å². The molecule has 4 rings (SSSR count). The summed E-state index contributed by atoms with van der Waals surface area (Å²) in [5.41, 5.74) is -0.391. The van der Waals surface area contributed by atoms with Crippen LogP contribution < -0.4 is 10.6 Å².